The lowest BCUT2D eigenvalue weighted by Gasteiger charge is -2.11. The molecule has 0 unspecified atom stereocenters. The van der Waals surface area contributed by atoms with Crippen LogP contribution in [0.3, 0.4) is 0 Å². The molecule has 0 bridgehead atoms. The van der Waals surface area contributed by atoms with Crippen molar-refractivity contribution < 1.29 is 23.0 Å². The summed E-state index contributed by atoms with van der Waals surface area (Å²) in [6.45, 7) is 0. The maximum absolute atomic E-state index is 14.1. The summed E-state index contributed by atoms with van der Waals surface area (Å²) in [7, 11) is 2.43. The minimum Gasteiger partial charge on any atom is -0.494 e. The molecule has 4 nitrogen and oxygen atoms in total. The second-order valence-corrected chi connectivity index (χ2v) is 3.83. The molecule has 2 rings (SSSR count). The van der Waals surface area contributed by atoms with Crippen LogP contribution in [0.1, 0.15) is 16.1 Å². The van der Waals surface area contributed by atoms with Crippen molar-refractivity contribution in [1.82, 2.24) is 4.98 Å². The first-order valence-corrected chi connectivity index (χ1v) is 5.65. The number of pyridine rings is 1. The van der Waals surface area contributed by atoms with Crippen molar-refractivity contribution >= 4 is 5.78 Å². The zero-order valence-electron chi connectivity index (χ0n) is 10.8. The molecule has 6 heteroatoms. The highest BCUT2D eigenvalue weighted by atomic mass is 19.1. The number of carbonyl (C=O) groups is 1. The molecule has 0 radical (unpaired) electrons. The van der Waals surface area contributed by atoms with E-state index in [1.807, 2.05) is 0 Å². The number of hydrogen-bond donors (Lipinski definition) is 0. The Balaban J connectivity index is 2.64. The molecule has 1 heterocycles. The summed E-state index contributed by atoms with van der Waals surface area (Å²) in [6.07, 6.45) is 1.36. The van der Waals surface area contributed by atoms with Gasteiger partial charge < -0.3 is 9.47 Å². The Hall–Kier alpha value is -2.50. The summed E-state index contributed by atoms with van der Waals surface area (Å²) in [6, 6.07) is 5.55. The Morgan fingerprint density at radius 2 is 1.70 bits per heavy atom. The van der Waals surface area contributed by atoms with E-state index in [2.05, 4.69) is 4.98 Å². The molecule has 0 aliphatic carbocycles. The van der Waals surface area contributed by atoms with Crippen molar-refractivity contribution in [1.29, 1.82) is 0 Å². The molecular formula is C14H11F2NO3. The van der Waals surface area contributed by atoms with E-state index in [9.17, 15) is 13.6 Å². The Bertz CT molecular complexity index is 616. The van der Waals surface area contributed by atoms with E-state index in [-0.39, 0.29) is 17.2 Å². The molecule has 20 heavy (non-hydrogen) atoms. The minimum atomic E-state index is -1.08. The van der Waals surface area contributed by atoms with Crippen molar-refractivity contribution in [2.45, 2.75) is 0 Å². The van der Waals surface area contributed by atoms with E-state index in [0.717, 1.165) is 6.07 Å². The van der Waals surface area contributed by atoms with Gasteiger partial charge in [0.05, 0.1) is 14.2 Å². The van der Waals surface area contributed by atoms with E-state index in [1.54, 1.807) is 12.1 Å². The first-order chi connectivity index (χ1) is 9.60. The third-order valence-electron chi connectivity index (χ3n) is 2.70. The predicted molar refractivity (Wildman–Crippen MR) is 67.1 cm³/mol. The van der Waals surface area contributed by atoms with Crippen molar-refractivity contribution in [2.24, 2.45) is 0 Å². The maximum atomic E-state index is 14.1. The standard InChI is InChI=1S/C14H11F2NO3/c1-19-9-7-10(20-2)13(16)11(12(9)15)14(18)8-5-3-4-6-17-8/h3-7H,1-2H3. The first kappa shape index (κ1) is 13.9. The summed E-state index contributed by atoms with van der Waals surface area (Å²) >= 11 is 0. The van der Waals surface area contributed by atoms with Crippen molar-refractivity contribution in [3.8, 4) is 11.5 Å². The van der Waals surface area contributed by atoms with E-state index >= 15 is 0 Å². The van der Waals surface area contributed by atoms with Crippen LogP contribution in [0.15, 0.2) is 30.5 Å². The molecule has 2 aromatic rings. The van der Waals surface area contributed by atoms with Gasteiger partial charge in [-0.1, -0.05) is 6.07 Å². The summed E-state index contributed by atoms with van der Waals surface area (Å²) < 4.78 is 37.8. The molecule has 0 aliphatic rings. The lowest BCUT2D eigenvalue weighted by atomic mass is 10.0. The number of benzene rings is 1. The molecule has 1 aromatic heterocycles. The van der Waals surface area contributed by atoms with Gasteiger partial charge in [0.2, 0.25) is 5.78 Å². The molecule has 0 aliphatic heterocycles. The van der Waals surface area contributed by atoms with Gasteiger partial charge in [-0.05, 0) is 12.1 Å². The lowest BCUT2D eigenvalue weighted by molar-refractivity contribution is 0.102. The fraction of sp³-hybridized carbons (Fsp3) is 0.143. The van der Waals surface area contributed by atoms with Gasteiger partial charge in [-0.25, -0.2) is 8.78 Å². The molecule has 0 atom stereocenters. The molecule has 1 aromatic carbocycles. The number of methoxy groups -OCH3 is 2. The first-order valence-electron chi connectivity index (χ1n) is 5.65. The maximum Gasteiger partial charge on any atom is 0.217 e. The topological polar surface area (TPSA) is 48.4 Å². The fourth-order valence-electron chi connectivity index (χ4n) is 1.71. The minimum absolute atomic E-state index is 0.0689. The van der Waals surface area contributed by atoms with Gasteiger partial charge in [0.15, 0.2) is 23.1 Å². The largest absolute Gasteiger partial charge is 0.494 e. The number of nitrogens with zero attached hydrogens (tertiary/aromatic N) is 1. The van der Waals surface area contributed by atoms with Gasteiger partial charge in [0, 0.05) is 12.3 Å². The quantitative estimate of drug-likeness (QED) is 0.807. The van der Waals surface area contributed by atoms with Crippen LogP contribution in [0.25, 0.3) is 0 Å². The van der Waals surface area contributed by atoms with Crippen LogP contribution < -0.4 is 9.47 Å². The number of halogens is 2. The second kappa shape index (κ2) is 5.64. The Labute approximate surface area is 114 Å². The summed E-state index contributed by atoms with van der Waals surface area (Å²) in [5.41, 5.74) is -0.819. The van der Waals surface area contributed by atoms with Crippen molar-refractivity contribution in [3.05, 3.63) is 53.4 Å². The van der Waals surface area contributed by atoms with Gasteiger partial charge in [0.1, 0.15) is 11.3 Å². The van der Waals surface area contributed by atoms with Crippen LogP contribution in [-0.4, -0.2) is 25.0 Å². The molecule has 0 saturated carbocycles. The summed E-state index contributed by atoms with van der Waals surface area (Å²) in [4.78, 5) is 16.0. The van der Waals surface area contributed by atoms with Crippen LogP contribution in [0.4, 0.5) is 8.78 Å². The van der Waals surface area contributed by atoms with Crippen molar-refractivity contribution in [2.75, 3.05) is 14.2 Å². The summed E-state index contributed by atoms with van der Waals surface area (Å²) in [5.74, 6) is -3.59. The van der Waals surface area contributed by atoms with Crippen LogP contribution in [-0.2, 0) is 0 Å². The third-order valence-corrected chi connectivity index (χ3v) is 2.70. The lowest BCUT2D eigenvalue weighted by Crippen LogP contribution is -2.11. The number of aromatic nitrogens is 1. The Morgan fingerprint density at radius 3 is 2.15 bits per heavy atom. The average Bonchev–Trinajstić information content (AvgIpc) is 2.48. The third kappa shape index (κ3) is 2.32. The smallest absolute Gasteiger partial charge is 0.217 e. The zero-order valence-corrected chi connectivity index (χ0v) is 10.8. The average molecular weight is 279 g/mol. The zero-order chi connectivity index (χ0) is 14.7. The highest BCUT2D eigenvalue weighted by Crippen LogP contribution is 2.32. The van der Waals surface area contributed by atoms with Gasteiger partial charge in [-0.15, -0.1) is 0 Å². The normalized spacial score (nSPS) is 10.2. The number of hydrogen-bond acceptors (Lipinski definition) is 4. The number of rotatable bonds is 4. The highest BCUT2D eigenvalue weighted by molar-refractivity contribution is 6.08. The van der Waals surface area contributed by atoms with Gasteiger partial charge >= 0.3 is 0 Å². The molecule has 0 saturated heterocycles. The Morgan fingerprint density at radius 1 is 1.10 bits per heavy atom. The molecule has 0 spiro atoms. The van der Waals surface area contributed by atoms with Crippen molar-refractivity contribution in [3.63, 3.8) is 0 Å². The molecule has 0 amide bonds. The van der Waals surface area contributed by atoms with E-state index in [4.69, 9.17) is 9.47 Å². The number of ether oxygens (including phenoxy) is 2. The Kier molecular flexibility index (Phi) is 3.93. The van der Waals surface area contributed by atoms with E-state index in [0.29, 0.717) is 0 Å². The fourth-order valence-corrected chi connectivity index (χ4v) is 1.71. The number of ketones is 1. The second-order valence-electron chi connectivity index (χ2n) is 3.83. The predicted octanol–water partition coefficient (Wildman–Crippen LogP) is 2.61. The molecule has 0 fully saturated rings. The van der Waals surface area contributed by atoms with Crippen LogP contribution in [0, 0.1) is 11.6 Å². The van der Waals surface area contributed by atoms with Gasteiger partial charge in [-0.2, -0.15) is 0 Å². The molecule has 104 valence electrons. The van der Waals surface area contributed by atoms with Gasteiger partial charge in [-0.3, -0.25) is 9.78 Å². The van der Waals surface area contributed by atoms with Crippen LogP contribution >= 0.6 is 0 Å². The highest BCUT2D eigenvalue weighted by Gasteiger charge is 2.26. The molecule has 0 N–H and O–H groups in total. The SMILES string of the molecule is COc1cc(OC)c(F)c(C(=O)c2ccccn2)c1F. The van der Waals surface area contributed by atoms with E-state index in [1.165, 1.54) is 26.5 Å². The van der Waals surface area contributed by atoms with Gasteiger partial charge in [0.25, 0.3) is 0 Å². The summed E-state index contributed by atoms with van der Waals surface area (Å²) in [5, 5.41) is 0. The van der Waals surface area contributed by atoms with Crippen LogP contribution in [0.2, 0.25) is 0 Å². The monoisotopic (exact) mass is 279 g/mol. The van der Waals surface area contributed by atoms with Crippen LogP contribution in [0.5, 0.6) is 11.5 Å². The number of carbonyl (C=O) groups excluding carboxylic acids is 1. The molecular weight excluding hydrogens is 268 g/mol. The van der Waals surface area contributed by atoms with E-state index < -0.39 is 23.0 Å².